The fourth-order valence-electron chi connectivity index (χ4n) is 2.73. The smallest absolute Gasteiger partial charge is 0.307 e. The summed E-state index contributed by atoms with van der Waals surface area (Å²) in [7, 11) is 0. The van der Waals surface area contributed by atoms with E-state index < -0.39 is 11.9 Å². The third kappa shape index (κ3) is 4.53. The van der Waals surface area contributed by atoms with E-state index in [1.807, 2.05) is 11.8 Å². The first-order valence-electron chi connectivity index (χ1n) is 7.45. The van der Waals surface area contributed by atoms with E-state index in [1.54, 1.807) is 12.1 Å². The first-order chi connectivity index (χ1) is 10.5. The van der Waals surface area contributed by atoms with Crippen LogP contribution in [0.4, 0.5) is 4.39 Å². The number of halogens is 1. The molecule has 0 spiro atoms. The van der Waals surface area contributed by atoms with Crippen molar-refractivity contribution in [1.82, 2.24) is 10.2 Å². The van der Waals surface area contributed by atoms with Crippen LogP contribution in [-0.2, 0) is 9.59 Å². The Morgan fingerprint density at radius 2 is 2.09 bits per heavy atom. The van der Waals surface area contributed by atoms with E-state index in [0.29, 0.717) is 13.0 Å². The quantitative estimate of drug-likeness (QED) is 0.870. The van der Waals surface area contributed by atoms with Gasteiger partial charge in [-0.1, -0.05) is 12.1 Å². The molecule has 0 bridgehead atoms. The Morgan fingerprint density at radius 1 is 1.41 bits per heavy atom. The van der Waals surface area contributed by atoms with Gasteiger partial charge in [-0.15, -0.1) is 0 Å². The average Bonchev–Trinajstić information content (AvgIpc) is 2.47. The Labute approximate surface area is 129 Å². The molecule has 1 fully saturated rings. The van der Waals surface area contributed by atoms with Crippen molar-refractivity contribution in [3.8, 4) is 0 Å². The first kappa shape index (κ1) is 16.4. The predicted octanol–water partition coefficient (Wildman–Crippen LogP) is 1.80. The molecule has 1 aliphatic rings. The summed E-state index contributed by atoms with van der Waals surface area (Å²) in [6, 6.07) is 5.79. The van der Waals surface area contributed by atoms with Gasteiger partial charge in [-0.3, -0.25) is 14.5 Å². The zero-order valence-electron chi connectivity index (χ0n) is 12.6. The highest BCUT2D eigenvalue weighted by Crippen LogP contribution is 2.17. The minimum absolute atomic E-state index is 0.150. The zero-order chi connectivity index (χ0) is 16.1. The molecule has 1 saturated heterocycles. The summed E-state index contributed by atoms with van der Waals surface area (Å²) >= 11 is 0. The summed E-state index contributed by atoms with van der Waals surface area (Å²) in [4.78, 5) is 25.0. The van der Waals surface area contributed by atoms with Crippen LogP contribution in [0.5, 0.6) is 0 Å². The van der Waals surface area contributed by atoms with Gasteiger partial charge in [-0.2, -0.15) is 0 Å². The molecule has 0 aliphatic carbocycles. The van der Waals surface area contributed by atoms with E-state index in [1.165, 1.54) is 12.1 Å². The molecule has 2 atom stereocenters. The minimum atomic E-state index is -0.801. The number of aliphatic carboxylic acids is 1. The number of nitrogens with one attached hydrogen (secondary N) is 1. The van der Waals surface area contributed by atoms with Crippen molar-refractivity contribution in [3.63, 3.8) is 0 Å². The van der Waals surface area contributed by atoms with Gasteiger partial charge in [0.2, 0.25) is 5.91 Å². The molecule has 1 amide bonds. The molecule has 5 nitrogen and oxygen atoms in total. The van der Waals surface area contributed by atoms with E-state index in [0.717, 1.165) is 18.5 Å². The molecule has 2 N–H and O–H groups in total. The topological polar surface area (TPSA) is 69.6 Å². The summed E-state index contributed by atoms with van der Waals surface area (Å²) in [5.74, 6) is -1.65. The van der Waals surface area contributed by atoms with Crippen molar-refractivity contribution in [3.05, 3.63) is 35.6 Å². The lowest BCUT2D eigenvalue weighted by molar-refractivity contribution is -0.144. The molecule has 0 saturated carbocycles. The van der Waals surface area contributed by atoms with E-state index in [-0.39, 0.29) is 24.3 Å². The van der Waals surface area contributed by atoms with Gasteiger partial charge < -0.3 is 10.4 Å². The molecule has 2 rings (SSSR count). The van der Waals surface area contributed by atoms with Crippen LogP contribution in [0.15, 0.2) is 24.3 Å². The van der Waals surface area contributed by atoms with Gasteiger partial charge in [-0.25, -0.2) is 4.39 Å². The number of carbonyl (C=O) groups excluding carboxylic acids is 1. The van der Waals surface area contributed by atoms with Crippen LogP contribution in [0.1, 0.15) is 31.4 Å². The van der Waals surface area contributed by atoms with Crippen LogP contribution < -0.4 is 5.32 Å². The van der Waals surface area contributed by atoms with E-state index in [9.17, 15) is 14.0 Å². The number of benzene rings is 1. The SMILES string of the molecule is C[C@@H](NC(=O)CN1CCC[C@H](C(=O)O)C1)c1ccc(F)cc1. The molecule has 120 valence electrons. The van der Waals surface area contributed by atoms with E-state index in [2.05, 4.69) is 5.32 Å². The molecular weight excluding hydrogens is 287 g/mol. The Bertz CT molecular complexity index is 533. The molecule has 1 aromatic rings. The van der Waals surface area contributed by atoms with Crippen LogP contribution in [-0.4, -0.2) is 41.5 Å². The fraction of sp³-hybridized carbons (Fsp3) is 0.500. The van der Waals surface area contributed by atoms with Crippen molar-refractivity contribution < 1.29 is 19.1 Å². The molecule has 0 aromatic heterocycles. The molecule has 6 heteroatoms. The number of hydrogen-bond acceptors (Lipinski definition) is 3. The van der Waals surface area contributed by atoms with Gasteiger partial charge in [0.1, 0.15) is 5.82 Å². The number of piperidine rings is 1. The van der Waals surface area contributed by atoms with Gasteiger partial charge in [0.05, 0.1) is 18.5 Å². The standard InChI is InChI=1S/C16H21FN2O3/c1-11(12-4-6-14(17)7-5-12)18-15(20)10-19-8-2-3-13(9-19)16(21)22/h4-7,11,13H,2-3,8-10H2,1H3,(H,18,20)(H,21,22)/t11-,13+/m1/s1. The van der Waals surface area contributed by atoms with Crippen LogP contribution >= 0.6 is 0 Å². The van der Waals surface area contributed by atoms with Crippen LogP contribution in [0, 0.1) is 11.7 Å². The zero-order valence-corrected chi connectivity index (χ0v) is 12.6. The molecule has 1 aliphatic heterocycles. The number of rotatable bonds is 5. The highest BCUT2D eigenvalue weighted by Gasteiger charge is 2.26. The Balaban J connectivity index is 1.84. The summed E-state index contributed by atoms with van der Waals surface area (Å²) in [6.45, 7) is 3.17. The third-order valence-corrected chi connectivity index (χ3v) is 3.97. The molecule has 0 unspecified atom stereocenters. The van der Waals surface area contributed by atoms with Gasteiger partial charge in [-0.05, 0) is 44.0 Å². The average molecular weight is 308 g/mol. The van der Waals surface area contributed by atoms with Gasteiger partial charge in [0, 0.05) is 6.54 Å². The molecule has 22 heavy (non-hydrogen) atoms. The second kappa shape index (κ2) is 7.35. The van der Waals surface area contributed by atoms with Gasteiger partial charge in [0.15, 0.2) is 0 Å². The normalized spacial score (nSPS) is 20.4. The number of nitrogens with zero attached hydrogens (tertiary/aromatic N) is 1. The Morgan fingerprint density at radius 3 is 2.73 bits per heavy atom. The number of amides is 1. The van der Waals surface area contributed by atoms with E-state index in [4.69, 9.17) is 5.11 Å². The summed E-state index contributed by atoms with van der Waals surface area (Å²) in [5.41, 5.74) is 0.830. The molecule has 1 heterocycles. The van der Waals surface area contributed by atoms with Crippen LogP contribution in [0.25, 0.3) is 0 Å². The highest BCUT2D eigenvalue weighted by molar-refractivity contribution is 5.78. The minimum Gasteiger partial charge on any atom is -0.481 e. The fourth-order valence-corrected chi connectivity index (χ4v) is 2.73. The lowest BCUT2D eigenvalue weighted by Crippen LogP contribution is -2.44. The lowest BCUT2D eigenvalue weighted by Gasteiger charge is -2.30. The molecule has 0 radical (unpaired) electrons. The maximum Gasteiger partial charge on any atom is 0.307 e. The van der Waals surface area contributed by atoms with Crippen molar-refractivity contribution in [2.45, 2.75) is 25.8 Å². The number of carboxylic acids is 1. The predicted molar refractivity (Wildman–Crippen MR) is 79.8 cm³/mol. The first-order valence-corrected chi connectivity index (χ1v) is 7.45. The van der Waals surface area contributed by atoms with Crippen molar-refractivity contribution in [1.29, 1.82) is 0 Å². The second-order valence-corrected chi connectivity index (χ2v) is 5.75. The monoisotopic (exact) mass is 308 g/mol. The maximum atomic E-state index is 12.9. The largest absolute Gasteiger partial charge is 0.481 e. The van der Waals surface area contributed by atoms with Gasteiger partial charge >= 0.3 is 5.97 Å². The third-order valence-electron chi connectivity index (χ3n) is 3.97. The summed E-state index contributed by atoms with van der Waals surface area (Å²) in [5, 5.41) is 11.9. The number of likely N-dealkylation sites (tertiary alicyclic amines) is 1. The second-order valence-electron chi connectivity index (χ2n) is 5.75. The van der Waals surface area contributed by atoms with Crippen molar-refractivity contribution in [2.75, 3.05) is 19.6 Å². The number of carbonyl (C=O) groups is 2. The maximum absolute atomic E-state index is 12.9. The Hall–Kier alpha value is -1.95. The number of hydrogen-bond donors (Lipinski definition) is 2. The van der Waals surface area contributed by atoms with Gasteiger partial charge in [0.25, 0.3) is 0 Å². The van der Waals surface area contributed by atoms with Crippen LogP contribution in [0.3, 0.4) is 0 Å². The van der Waals surface area contributed by atoms with Crippen molar-refractivity contribution in [2.24, 2.45) is 5.92 Å². The Kier molecular flexibility index (Phi) is 5.49. The van der Waals surface area contributed by atoms with E-state index >= 15 is 0 Å². The van der Waals surface area contributed by atoms with Crippen LogP contribution in [0.2, 0.25) is 0 Å². The highest BCUT2D eigenvalue weighted by atomic mass is 19.1. The summed E-state index contributed by atoms with van der Waals surface area (Å²) < 4.78 is 12.9. The molecule has 1 aromatic carbocycles. The molecular formula is C16H21FN2O3. The summed E-state index contributed by atoms with van der Waals surface area (Å²) in [6.07, 6.45) is 1.46. The number of carboxylic acid groups (broad SMARTS) is 1. The lowest BCUT2D eigenvalue weighted by atomic mass is 9.98. The van der Waals surface area contributed by atoms with Crippen molar-refractivity contribution >= 4 is 11.9 Å².